The van der Waals surface area contributed by atoms with Gasteiger partial charge < -0.3 is 10.4 Å². The van der Waals surface area contributed by atoms with Crippen molar-refractivity contribution in [2.24, 2.45) is 0 Å². The number of hydrogen-bond acceptors (Lipinski definition) is 3. The highest BCUT2D eigenvalue weighted by Crippen LogP contribution is 2.33. The summed E-state index contributed by atoms with van der Waals surface area (Å²) < 4.78 is 1.69. The third kappa shape index (κ3) is 5.49. The van der Waals surface area contributed by atoms with Crippen LogP contribution in [0.15, 0.2) is 72.6 Å². The number of nitrogens with one attached hydrogen (secondary N) is 1. The van der Waals surface area contributed by atoms with Gasteiger partial charge in [0.2, 0.25) is 0 Å². The first-order valence-corrected chi connectivity index (χ1v) is 11.2. The van der Waals surface area contributed by atoms with Crippen molar-refractivity contribution in [3.63, 3.8) is 0 Å². The van der Waals surface area contributed by atoms with Crippen molar-refractivity contribution in [2.75, 3.05) is 16.8 Å². The van der Waals surface area contributed by atoms with E-state index in [2.05, 4.69) is 41.6 Å². The molecule has 33 heavy (non-hydrogen) atoms. The first kappa shape index (κ1) is 22.3. The van der Waals surface area contributed by atoms with Crippen LogP contribution in [0.25, 0.3) is 5.57 Å². The second kappa shape index (κ2) is 10.2. The van der Waals surface area contributed by atoms with Crippen LogP contribution in [0.3, 0.4) is 0 Å². The van der Waals surface area contributed by atoms with Crippen LogP contribution in [-0.4, -0.2) is 33.4 Å². The van der Waals surface area contributed by atoms with Crippen LogP contribution in [-0.2, 0) is 11.3 Å². The zero-order chi connectivity index (χ0) is 23.2. The van der Waals surface area contributed by atoms with Crippen LogP contribution < -0.4 is 10.2 Å². The number of amides is 2. The molecule has 3 aromatic rings. The van der Waals surface area contributed by atoms with E-state index in [0.29, 0.717) is 17.9 Å². The lowest BCUT2D eigenvalue weighted by Gasteiger charge is -2.21. The molecule has 7 nitrogen and oxygen atoms in total. The molecule has 1 aromatic heterocycles. The average Bonchev–Trinajstić information content (AvgIpc) is 3.34. The first-order valence-electron chi connectivity index (χ1n) is 11.2. The van der Waals surface area contributed by atoms with Crippen molar-refractivity contribution in [3.8, 4) is 0 Å². The number of aryl methyl sites for hydroxylation is 1. The maximum absolute atomic E-state index is 13.1. The van der Waals surface area contributed by atoms with Gasteiger partial charge in [-0.3, -0.25) is 14.4 Å². The highest BCUT2D eigenvalue weighted by Gasteiger charge is 2.21. The van der Waals surface area contributed by atoms with E-state index in [4.69, 9.17) is 0 Å². The van der Waals surface area contributed by atoms with Crippen LogP contribution in [0.1, 0.15) is 36.8 Å². The number of nitrogens with zero attached hydrogens (tertiary/aromatic N) is 3. The van der Waals surface area contributed by atoms with Crippen molar-refractivity contribution in [1.29, 1.82) is 0 Å². The van der Waals surface area contributed by atoms with E-state index >= 15 is 0 Å². The molecule has 0 saturated carbocycles. The third-order valence-electron chi connectivity index (χ3n) is 5.92. The molecule has 1 heterocycles. The lowest BCUT2D eigenvalue weighted by molar-refractivity contribution is -0.113. The molecular weight excluding hydrogens is 416 g/mol. The molecule has 170 valence electrons. The van der Waals surface area contributed by atoms with E-state index < -0.39 is 6.09 Å². The molecule has 0 unspecified atom stereocenters. The van der Waals surface area contributed by atoms with Gasteiger partial charge in [0.25, 0.3) is 5.91 Å². The molecule has 4 rings (SSSR count). The van der Waals surface area contributed by atoms with Crippen molar-refractivity contribution >= 4 is 28.9 Å². The minimum atomic E-state index is -1.03. The van der Waals surface area contributed by atoms with E-state index in [1.165, 1.54) is 10.5 Å². The average molecular weight is 445 g/mol. The van der Waals surface area contributed by atoms with Gasteiger partial charge in [-0.25, -0.2) is 4.79 Å². The highest BCUT2D eigenvalue weighted by atomic mass is 16.4. The topological polar surface area (TPSA) is 87.5 Å². The molecule has 2 amide bonds. The second-order valence-electron chi connectivity index (χ2n) is 8.23. The predicted molar refractivity (Wildman–Crippen MR) is 129 cm³/mol. The van der Waals surface area contributed by atoms with Gasteiger partial charge >= 0.3 is 6.09 Å². The number of rotatable bonds is 7. The van der Waals surface area contributed by atoms with Crippen LogP contribution in [0.4, 0.5) is 16.2 Å². The number of carbonyl (C=O) groups is 2. The summed E-state index contributed by atoms with van der Waals surface area (Å²) in [4.78, 5) is 26.1. The summed E-state index contributed by atoms with van der Waals surface area (Å²) in [6.07, 6.45) is 6.16. The zero-order valence-electron chi connectivity index (χ0n) is 18.7. The molecule has 7 heteroatoms. The molecule has 1 aliphatic carbocycles. The molecule has 0 aliphatic heterocycles. The maximum atomic E-state index is 13.1. The van der Waals surface area contributed by atoms with Gasteiger partial charge in [-0.15, -0.1) is 0 Å². The normalized spacial score (nSPS) is 13.6. The van der Waals surface area contributed by atoms with E-state index in [0.717, 1.165) is 42.4 Å². The number of benzene rings is 2. The van der Waals surface area contributed by atoms with E-state index in [1.807, 2.05) is 0 Å². The molecular formula is C26H28N4O3. The van der Waals surface area contributed by atoms with Gasteiger partial charge in [-0.2, -0.15) is 5.10 Å². The quantitative estimate of drug-likeness (QED) is 0.515. The highest BCUT2D eigenvalue weighted by molar-refractivity contribution is 6.09. The summed E-state index contributed by atoms with van der Waals surface area (Å²) in [5.41, 5.74) is 5.44. The lowest BCUT2D eigenvalue weighted by atomic mass is 9.86. The van der Waals surface area contributed by atoms with Crippen LogP contribution in [0, 0.1) is 6.92 Å². The smallest absolute Gasteiger partial charge is 0.411 e. The summed E-state index contributed by atoms with van der Waals surface area (Å²) in [5, 5.41) is 16.7. The molecule has 0 spiro atoms. The van der Waals surface area contributed by atoms with Crippen LogP contribution in [0.2, 0.25) is 0 Å². The van der Waals surface area contributed by atoms with Gasteiger partial charge in [-0.05, 0) is 74.1 Å². The Morgan fingerprint density at radius 2 is 1.79 bits per heavy atom. The Bertz CT molecular complexity index is 1130. The Labute approximate surface area is 193 Å². The molecule has 0 saturated heterocycles. The summed E-state index contributed by atoms with van der Waals surface area (Å²) >= 11 is 0. The number of carboxylic acid groups (broad SMARTS) is 1. The van der Waals surface area contributed by atoms with Gasteiger partial charge in [0, 0.05) is 35.9 Å². The number of carbonyl (C=O) groups excluding carboxylic acids is 1. The first-order chi connectivity index (χ1) is 16.0. The molecule has 0 atom stereocenters. The summed E-state index contributed by atoms with van der Waals surface area (Å²) in [6.45, 7) is 2.78. The van der Waals surface area contributed by atoms with E-state index in [-0.39, 0.29) is 12.5 Å². The maximum Gasteiger partial charge on any atom is 0.411 e. The van der Waals surface area contributed by atoms with Gasteiger partial charge in [0.15, 0.2) is 0 Å². The molecule has 1 aliphatic rings. The number of aromatic nitrogens is 2. The largest absolute Gasteiger partial charge is 0.465 e. The molecule has 0 fully saturated rings. The van der Waals surface area contributed by atoms with Crippen molar-refractivity contribution < 1.29 is 14.7 Å². The Morgan fingerprint density at radius 3 is 2.45 bits per heavy atom. The van der Waals surface area contributed by atoms with E-state index in [1.54, 1.807) is 47.4 Å². The van der Waals surface area contributed by atoms with E-state index in [9.17, 15) is 14.7 Å². The fourth-order valence-corrected chi connectivity index (χ4v) is 4.13. The number of hydrogen-bond donors (Lipinski definition) is 2. The summed E-state index contributed by atoms with van der Waals surface area (Å²) in [7, 11) is 0. The molecule has 0 radical (unpaired) electrons. The van der Waals surface area contributed by atoms with Crippen LogP contribution in [0.5, 0.6) is 0 Å². The summed E-state index contributed by atoms with van der Waals surface area (Å²) in [5.74, 6) is -0.0909. The fraction of sp³-hybridized carbons (Fsp3) is 0.269. The van der Waals surface area contributed by atoms with Gasteiger partial charge in [-0.1, -0.05) is 29.8 Å². The van der Waals surface area contributed by atoms with Gasteiger partial charge in [0.1, 0.15) is 0 Å². The molecule has 2 N–H and O–H groups in total. The third-order valence-corrected chi connectivity index (χ3v) is 5.92. The lowest BCUT2D eigenvalue weighted by Crippen LogP contribution is -2.32. The van der Waals surface area contributed by atoms with Crippen molar-refractivity contribution in [2.45, 2.75) is 39.2 Å². The Morgan fingerprint density at radius 1 is 1.06 bits per heavy atom. The number of anilines is 2. The minimum absolute atomic E-state index is 0.0909. The van der Waals surface area contributed by atoms with Crippen molar-refractivity contribution in [3.05, 3.63) is 83.7 Å². The monoisotopic (exact) mass is 444 g/mol. The Hall–Kier alpha value is -3.87. The number of allylic oxidation sites excluding steroid dienone is 1. The minimum Gasteiger partial charge on any atom is -0.465 e. The van der Waals surface area contributed by atoms with Crippen LogP contribution >= 0.6 is 0 Å². The van der Waals surface area contributed by atoms with Gasteiger partial charge in [0.05, 0.1) is 6.54 Å². The molecule has 0 bridgehead atoms. The Balaban J connectivity index is 1.47. The SMILES string of the molecule is Cc1ccc(C2=C(C(=O)Nc3ccc(N(CCn4cccn4)C(=O)O)cc3)CCCC2)cc1. The Kier molecular flexibility index (Phi) is 6.88. The second-order valence-corrected chi connectivity index (χ2v) is 8.23. The zero-order valence-corrected chi connectivity index (χ0v) is 18.7. The molecule has 2 aromatic carbocycles. The standard InChI is InChI=1S/C26H28N4O3/c1-19-7-9-20(10-8-19)23-5-2-3-6-24(23)25(31)28-21-11-13-22(14-12-21)30(26(32)33)18-17-29-16-4-15-27-29/h4,7-16H,2-3,5-6,17-18H2,1H3,(H,28,31)(H,32,33). The predicted octanol–water partition coefficient (Wildman–Crippen LogP) is 5.34. The van der Waals surface area contributed by atoms with Crippen molar-refractivity contribution in [1.82, 2.24) is 9.78 Å². The fourth-order valence-electron chi connectivity index (χ4n) is 4.13. The summed E-state index contributed by atoms with van der Waals surface area (Å²) in [6, 6.07) is 17.0.